The molecular formula is C13H11ClN2OS. The number of carbonyl (C=O) groups excluding carboxylic acids is 1. The molecule has 0 unspecified atom stereocenters. The summed E-state index contributed by atoms with van der Waals surface area (Å²) in [5.41, 5.74) is 1.24. The molecule has 0 atom stereocenters. The van der Waals surface area contributed by atoms with E-state index in [2.05, 4.69) is 10.3 Å². The standard InChI is InChI=1S/C13H11ClN2OS/c1-18-11-5-3-10(4-6-11)16-13(17)9-2-7-12(14)15-8-9/h2-8H,1H3,(H,16,17). The molecule has 2 aromatic rings. The predicted molar refractivity (Wildman–Crippen MR) is 75.4 cm³/mol. The van der Waals surface area contributed by atoms with Gasteiger partial charge < -0.3 is 5.32 Å². The number of benzene rings is 1. The maximum Gasteiger partial charge on any atom is 0.257 e. The van der Waals surface area contributed by atoms with Crippen molar-refractivity contribution in [1.29, 1.82) is 0 Å². The van der Waals surface area contributed by atoms with E-state index < -0.39 is 0 Å². The summed E-state index contributed by atoms with van der Waals surface area (Å²) in [6, 6.07) is 10.9. The van der Waals surface area contributed by atoms with Gasteiger partial charge in [-0.25, -0.2) is 4.98 Å². The number of amides is 1. The molecule has 92 valence electrons. The Bertz CT molecular complexity index is 540. The van der Waals surface area contributed by atoms with Gasteiger partial charge in [-0.15, -0.1) is 11.8 Å². The molecule has 0 aliphatic carbocycles. The highest BCUT2D eigenvalue weighted by Gasteiger charge is 2.06. The summed E-state index contributed by atoms with van der Waals surface area (Å²) in [4.78, 5) is 16.9. The Kier molecular flexibility index (Phi) is 4.23. The third kappa shape index (κ3) is 3.24. The van der Waals surface area contributed by atoms with Crippen LogP contribution in [-0.2, 0) is 0 Å². The Balaban J connectivity index is 2.08. The first-order chi connectivity index (χ1) is 8.69. The van der Waals surface area contributed by atoms with Crippen molar-refractivity contribution in [2.24, 2.45) is 0 Å². The molecule has 0 saturated heterocycles. The highest BCUT2D eigenvalue weighted by Crippen LogP contribution is 2.18. The van der Waals surface area contributed by atoms with Gasteiger partial charge in [-0.05, 0) is 42.7 Å². The van der Waals surface area contributed by atoms with Crippen molar-refractivity contribution in [3.05, 3.63) is 53.3 Å². The minimum Gasteiger partial charge on any atom is -0.322 e. The largest absolute Gasteiger partial charge is 0.322 e. The quantitative estimate of drug-likeness (QED) is 0.687. The molecule has 0 aliphatic rings. The molecule has 0 fully saturated rings. The van der Waals surface area contributed by atoms with Crippen molar-refractivity contribution >= 4 is 35.0 Å². The molecule has 5 heteroatoms. The van der Waals surface area contributed by atoms with Crippen LogP contribution >= 0.6 is 23.4 Å². The lowest BCUT2D eigenvalue weighted by atomic mass is 10.2. The van der Waals surface area contributed by atoms with Crippen LogP contribution in [0, 0.1) is 0 Å². The van der Waals surface area contributed by atoms with Crippen LogP contribution in [-0.4, -0.2) is 17.1 Å². The Morgan fingerprint density at radius 1 is 1.22 bits per heavy atom. The lowest BCUT2D eigenvalue weighted by Gasteiger charge is -2.05. The van der Waals surface area contributed by atoms with Crippen LogP contribution in [0.15, 0.2) is 47.5 Å². The summed E-state index contributed by atoms with van der Waals surface area (Å²) < 4.78 is 0. The number of aromatic nitrogens is 1. The van der Waals surface area contributed by atoms with Gasteiger partial charge in [0.05, 0.1) is 5.56 Å². The fraction of sp³-hybridized carbons (Fsp3) is 0.0769. The number of rotatable bonds is 3. The molecule has 3 nitrogen and oxygen atoms in total. The number of anilines is 1. The van der Waals surface area contributed by atoms with Gasteiger partial charge in [0.25, 0.3) is 5.91 Å². The van der Waals surface area contributed by atoms with Gasteiger partial charge in [-0.1, -0.05) is 11.6 Å². The molecule has 18 heavy (non-hydrogen) atoms. The number of hydrogen-bond donors (Lipinski definition) is 1. The molecule has 1 N–H and O–H groups in total. The first kappa shape index (κ1) is 12.9. The Hall–Kier alpha value is -1.52. The summed E-state index contributed by atoms with van der Waals surface area (Å²) >= 11 is 7.32. The summed E-state index contributed by atoms with van der Waals surface area (Å²) in [6.45, 7) is 0. The fourth-order valence-electron chi connectivity index (χ4n) is 1.39. The Labute approximate surface area is 115 Å². The summed E-state index contributed by atoms with van der Waals surface area (Å²) in [7, 11) is 0. The monoisotopic (exact) mass is 278 g/mol. The molecule has 2 rings (SSSR count). The molecule has 1 aromatic carbocycles. The molecule has 1 aromatic heterocycles. The minimum absolute atomic E-state index is 0.198. The minimum atomic E-state index is -0.198. The SMILES string of the molecule is CSc1ccc(NC(=O)c2ccc(Cl)nc2)cc1. The second-order valence-electron chi connectivity index (χ2n) is 3.55. The lowest BCUT2D eigenvalue weighted by Crippen LogP contribution is -2.11. The smallest absolute Gasteiger partial charge is 0.257 e. The van der Waals surface area contributed by atoms with Gasteiger partial charge >= 0.3 is 0 Å². The van der Waals surface area contributed by atoms with Gasteiger partial charge in [-0.2, -0.15) is 0 Å². The molecule has 1 heterocycles. The molecule has 0 aliphatic heterocycles. The van der Waals surface area contributed by atoms with E-state index in [0.717, 1.165) is 10.6 Å². The Morgan fingerprint density at radius 3 is 2.50 bits per heavy atom. The van der Waals surface area contributed by atoms with E-state index in [1.54, 1.807) is 23.9 Å². The van der Waals surface area contributed by atoms with Gasteiger partial charge in [0, 0.05) is 16.8 Å². The van der Waals surface area contributed by atoms with E-state index in [-0.39, 0.29) is 5.91 Å². The average Bonchev–Trinajstić information content (AvgIpc) is 2.40. The van der Waals surface area contributed by atoms with E-state index in [1.165, 1.54) is 6.20 Å². The molecule has 1 amide bonds. The van der Waals surface area contributed by atoms with Crippen LogP contribution in [0.4, 0.5) is 5.69 Å². The van der Waals surface area contributed by atoms with E-state index in [0.29, 0.717) is 10.7 Å². The van der Waals surface area contributed by atoms with Crippen LogP contribution in [0.1, 0.15) is 10.4 Å². The van der Waals surface area contributed by atoms with Gasteiger partial charge in [0.1, 0.15) is 5.15 Å². The number of halogens is 1. The van der Waals surface area contributed by atoms with Gasteiger partial charge in [-0.3, -0.25) is 4.79 Å². The first-order valence-corrected chi connectivity index (χ1v) is 6.86. The highest BCUT2D eigenvalue weighted by atomic mass is 35.5. The Morgan fingerprint density at radius 2 is 1.94 bits per heavy atom. The highest BCUT2D eigenvalue weighted by molar-refractivity contribution is 7.98. The zero-order chi connectivity index (χ0) is 13.0. The topological polar surface area (TPSA) is 42.0 Å². The maximum absolute atomic E-state index is 11.9. The summed E-state index contributed by atoms with van der Waals surface area (Å²) in [5.74, 6) is -0.198. The number of nitrogens with zero attached hydrogens (tertiary/aromatic N) is 1. The van der Waals surface area contributed by atoms with Gasteiger partial charge in [0.2, 0.25) is 0 Å². The zero-order valence-electron chi connectivity index (χ0n) is 9.68. The normalized spacial score (nSPS) is 10.1. The lowest BCUT2D eigenvalue weighted by molar-refractivity contribution is 0.102. The second-order valence-corrected chi connectivity index (χ2v) is 4.82. The third-order valence-corrected chi connectivity index (χ3v) is 3.30. The number of pyridine rings is 1. The van der Waals surface area contributed by atoms with Crippen LogP contribution in [0.5, 0.6) is 0 Å². The number of nitrogens with one attached hydrogen (secondary N) is 1. The van der Waals surface area contributed by atoms with E-state index in [4.69, 9.17) is 11.6 Å². The first-order valence-electron chi connectivity index (χ1n) is 5.26. The summed E-state index contributed by atoms with van der Waals surface area (Å²) in [5, 5.41) is 3.17. The van der Waals surface area contributed by atoms with Crippen molar-refractivity contribution < 1.29 is 4.79 Å². The van der Waals surface area contributed by atoms with Crippen LogP contribution < -0.4 is 5.32 Å². The van der Waals surface area contributed by atoms with Gasteiger partial charge in [0.15, 0.2) is 0 Å². The van der Waals surface area contributed by atoms with Crippen LogP contribution in [0.3, 0.4) is 0 Å². The van der Waals surface area contributed by atoms with Crippen molar-refractivity contribution in [3.63, 3.8) is 0 Å². The van der Waals surface area contributed by atoms with E-state index >= 15 is 0 Å². The van der Waals surface area contributed by atoms with Crippen molar-refractivity contribution in [1.82, 2.24) is 4.98 Å². The number of hydrogen-bond acceptors (Lipinski definition) is 3. The van der Waals surface area contributed by atoms with E-state index in [9.17, 15) is 4.79 Å². The van der Waals surface area contributed by atoms with Crippen LogP contribution in [0.25, 0.3) is 0 Å². The maximum atomic E-state index is 11.9. The fourth-order valence-corrected chi connectivity index (χ4v) is 1.91. The predicted octanol–water partition coefficient (Wildman–Crippen LogP) is 3.71. The van der Waals surface area contributed by atoms with Crippen LogP contribution in [0.2, 0.25) is 5.15 Å². The molecule has 0 radical (unpaired) electrons. The molecule has 0 saturated carbocycles. The molecule has 0 bridgehead atoms. The number of carbonyl (C=O) groups is 1. The van der Waals surface area contributed by atoms with Crippen molar-refractivity contribution in [2.75, 3.05) is 11.6 Å². The molecular weight excluding hydrogens is 268 g/mol. The van der Waals surface area contributed by atoms with Crippen molar-refractivity contribution in [3.8, 4) is 0 Å². The zero-order valence-corrected chi connectivity index (χ0v) is 11.3. The summed E-state index contributed by atoms with van der Waals surface area (Å²) in [6.07, 6.45) is 3.46. The van der Waals surface area contributed by atoms with Crippen molar-refractivity contribution in [2.45, 2.75) is 4.90 Å². The van der Waals surface area contributed by atoms with E-state index in [1.807, 2.05) is 30.5 Å². The molecule has 0 spiro atoms. The second kappa shape index (κ2) is 5.89. The number of thioether (sulfide) groups is 1. The average molecular weight is 279 g/mol. The third-order valence-electron chi connectivity index (χ3n) is 2.34.